The van der Waals surface area contributed by atoms with E-state index in [1.807, 2.05) is 25.1 Å². The van der Waals surface area contributed by atoms with Crippen molar-refractivity contribution in [1.82, 2.24) is 9.96 Å². The molecule has 1 heterocycles. The highest BCUT2D eigenvalue weighted by molar-refractivity contribution is 6.21. The van der Waals surface area contributed by atoms with Crippen LogP contribution in [-0.2, 0) is 11.4 Å². The Morgan fingerprint density at radius 3 is 2.21 bits per heavy atom. The maximum Gasteiger partial charge on any atom is 0.363 e. The van der Waals surface area contributed by atoms with Crippen LogP contribution in [0.4, 0.5) is 0 Å². The molecule has 2 amide bonds. The van der Waals surface area contributed by atoms with E-state index in [0.717, 1.165) is 5.56 Å². The van der Waals surface area contributed by atoms with E-state index in [1.54, 1.807) is 30.3 Å². The van der Waals surface area contributed by atoms with Crippen molar-refractivity contribution < 1.29 is 19.2 Å². The molecule has 0 aromatic heterocycles. The van der Waals surface area contributed by atoms with Gasteiger partial charge in [-0.1, -0.05) is 29.3 Å². The molecule has 2 aromatic rings. The summed E-state index contributed by atoms with van der Waals surface area (Å²) in [6, 6.07) is 13.2. The number of fused-ring (bicyclic) bond motifs is 1. The Labute approximate surface area is 139 Å². The van der Waals surface area contributed by atoms with Crippen molar-refractivity contribution in [2.24, 2.45) is 0 Å². The predicted molar refractivity (Wildman–Crippen MR) is 86.2 cm³/mol. The SMILES string of the molecule is CN(C)Cc1cccc(C(=O)ON2C(=O)c3ccccc3C2=O)c1. The van der Waals surface area contributed by atoms with E-state index in [2.05, 4.69) is 0 Å². The third-order valence-electron chi connectivity index (χ3n) is 3.59. The Bertz CT molecular complexity index is 794. The van der Waals surface area contributed by atoms with Gasteiger partial charge in [-0.3, -0.25) is 9.59 Å². The number of hydrogen-bond donors (Lipinski definition) is 0. The Kier molecular flexibility index (Phi) is 4.14. The molecule has 0 unspecified atom stereocenters. The van der Waals surface area contributed by atoms with E-state index >= 15 is 0 Å². The second-order valence-electron chi connectivity index (χ2n) is 5.77. The maximum absolute atomic E-state index is 12.3. The minimum Gasteiger partial charge on any atom is -0.324 e. The van der Waals surface area contributed by atoms with Crippen LogP contribution in [0, 0.1) is 0 Å². The van der Waals surface area contributed by atoms with Crippen LogP contribution in [0.2, 0.25) is 0 Å². The topological polar surface area (TPSA) is 66.9 Å². The molecule has 3 rings (SSSR count). The first kappa shape index (κ1) is 15.9. The highest BCUT2D eigenvalue weighted by Gasteiger charge is 2.38. The number of benzene rings is 2. The number of rotatable bonds is 4. The van der Waals surface area contributed by atoms with Gasteiger partial charge in [0.2, 0.25) is 0 Å². The molecule has 0 radical (unpaired) electrons. The van der Waals surface area contributed by atoms with E-state index in [1.165, 1.54) is 12.1 Å². The van der Waals surface area contributed by atoms with E-state index in [9.17, 15) is 14.4 Å². The van der Waals surface area contributed by atoms with E-state index in [4.69, 9.17) is 4.84 Å². The number of hydroxylamine groups is 2. The fraction of sp³-hybridized carbons (Fsp3) is 0.167. The van der Waals surface area contributed by atoms with Crippen LogP contribution in [0.3, 0.4) is 0 Å². The molecule has 0 atom stereocenters. The largest absolute Gasteiger partial charge is 0.363 e. The molecule has 6 heteroatoms. The molecule has 0 bridgehead atoms. The molecule has 0 saturated heterocycles. The lowest BCUT2D eigenvalue weighted by molar-refractivity contribution is -0.0584. The van der Waals surface area contributed by atoms with Crippen molar-refractivity contribution in [3.63, 3.8) is 0 Å². The molecule has 1 aliphatic heterocycles. The normalized spacial score (nSPS) is 13.4. The summed E-state index contributed by atoms with van der Waals surface area (Å²) in [7, 11) is 3.84. The van der Waals surface area contributed by atoms with Gasteiger partial charge in [-0.15, -0.1) is 0 Å². The van der Waals surface area contributed by atoms with Crippen molar-refractivity contribution in [2.45, 2.75) is 6.54 Å². The molecule has 0 aliphatic carbocycles. The average molecular weight is 324 g/mol. The van der Waals surface area contributed by atoms with Gasteiger partial charge >= 0.3 is 5.97 Å². The summed E-state index contributed by atoms with van der Waals surface area (Å²) in [6.45, 7) is 0.661. The molecular formula is C18H16N2O4. The van der Waals surface area contributed by atoms with Crippen LogP contribution in [0.1, 0.15) is 36.6 Å². The first-order chi connectivity index (χ1) is 11.5. The zero-order chi connectivity index (χ0) is 17.3. The molecule has 6 nitrogen and oxygen atoms in total. The van der Waals surface area contributed by atoms with Gasteiger partial charge in [0, 0.05) is 6.54 Å². The van der Waals surface area contributed by atoms with Crippen LogP contribution >= 0.6 is 0 Å². The van der Waals surface area contributed by atoms with Crippen molar-refractivity contribution in [3.05, 3.63) is 70.8 Å². The molecule has 2 aromatic carbocycles. The number of nitrogens with zero attached hydrogens (tertiary/aromatic N) is 2. The number of hydrogen-bond acceptors (Lipinski definition) is 5. The van der Waals surface area contributed by atoms with Crippen LogP contribution in [0.5, 0.6) is 0 Å². The lowest BCUT2D eigenvalue weighted by Gasteiger charge is -2.14. The molecule has 122 valence electrons. The lowest BCUT2D eigenvalue weighted by atomic mass is 10.1. The summed E-state index contributed by atoms with van der Waals surface area (Å²) in [5.41, 5.74) is 1.68. The standard InChI is InChI=1S/C18H16N2O4/c1-19(2)11-12-6-5-7-13(10-12)18(23)24-20-16(21)14-8-3-4-9-15(14)17(20)22/h3-10H,11H2,1-2H3. The molecular weight excluding hydrogens is 308 g/mol. The van der Waals surface area contributed by atoms with Crippen LogP contribution in [-0.4, -0.2) is 41.8 Å². The summed E-state index contributed by atoms with van der Waals surface area (Å²) in [4.78, 5) is 43.7. The Morgan fingerprint density at radius 1 is 1.00 bits per heavy atom. The number of imide groups is 1. The number of carbonyl (C=O) groups is 3. The van der Waals surface area contributed by atoms with E-state index < -0.39 is 17.8 Å². The minimum absolute atomic E-state index is 0.233. The van der Waals surface area contributed by atoms with Crippen molar-refractivity contribution in [3.8, 4) is 0 Å². The smallest absolute Gasteiger partial charge is 0.324 e. The summed E-state index contributed by atoms with van der Waals surface area (Å²) in [5.74, 6) is -2.01. The fourth-order valence-electron chi connectivity index (χ4n) is 2.55. The lowest BCUT2D eigenvalue weighted by Crippen LogP contribution is -2.32. The Morgan fingerprint density at radius 2 is 1.62 bits per heavy atom. The molecule has 24 heavy (non-hydrogen) atoms. The predicted octanol–water partition coefficient (Wildman–Crippen LogP) is 2.12. The number of amides is 2. The van der Waals surface area contributed by atoms with Gasteiger partial charge < -0.3 is 9.74 Å². The summed E-state index contributed by atoms with van der Waals surface area (Å²) in [6.07, 6.45) is 0. The quantitative estimate of drug-likeness (QED) is 0.806. The first-order valence-electron chi connectivity index (χ1n) is 7.41. The average Bonchev–Trinajstić information content (AvgIpc) is 2.80. The van der Waals surface area contributed by atoms with Gasteiger partial charge in [0.05, 0.1) is 16.7 Å². The van der Waals surface area contributed by atoms with Gasteiger partial charge in [-0.2, -0.15) is 0 Å². The van der Waals surface area contributed by atoms with E-state index in [-0.39, 0.29) is 16.7 Å². The molecule has 0 N–H and O–H groups in total. The highest BCUT2D eigenvalue weighted by atomic mass is 16.7. The second kappa shape index (κ2) is 6.25. The monoisotopic (exact) mass is 324 g/mol. The Hall–Kier alpha value is -2.99. The third-order valence-corrected chi connectivity index (χ3v) is 3.59. The maximum atomic E-state index is 12.3. The summed E-state index contributed by atoms with van der Waals surface area (Å²) < 4.78 is 0. The molecule has 0 spiro atoms. The zero-order valence-electron chi connectivity index (χ0n) is 13.4. The van der Waals surface area contributed by atoms with Crippen molar-refractivity contribution in [2.75, 3.05) is 14.1 Å². The van der Waals surface area contributed by atoms with Gasteiger partial charge in [0.1, 0.15) is 0 Å². The van der Waals surface area contributed by atoms with Gasteiger partial charge in [0.25, 0.3) is 11.8 Å². The summed E-state index contributed by atoms with van der Waals surface area (Å²) >= 11 is 0. The van der Waals surface area contributed by atoms with Gasteiger partial charge in [0.15, 0.2) is 0 Å². The second-order valence-corrected chi connectivity index (χ2v) is 5.77. The van der Waals surface area contributed by atoms with Crippen molar-refractivity contribution >= 4 is 17.8 Å². The van der Waals surface area contributed by atoms with Crippen LogP contribution in [0.25, 0.3) is 0 Å². The van der Waals surface area contributed by atoms with E-state index in [0.29, 0.717) is 11.6 Å². The zero-order valence-corrected chi connectivity index (χ0v) is 13.4. The Balaban J connectivity index is 1.79. The van der Waals surface area contributed by atoms with Crippen LogP contribution < -0.4 is 0 Å². The third kappa shape index (κ3) is 2.91. The van der Waals surface area contributed by atoms with Crippen LogP contribution in [0.15, 0.2) is 48.5 Å². The minimum atomic E-state index is -0.745. The highest BCUT2D eigenvalue weighted by Crippen LogP contribution is 2.23. The van der Waals surface area contributed by atoms with Gasteiger partial charge in [-0.25, -0.2) is 4.79 Å². The molecule has 1 aliphatic rings. The molecule has 0 fully saturated rings. The first-order valence-corrected chi connectivity index (χ1v) is 7.41. The summed E-state index contributed by atoms with van der Waals surface area (Å²) in [5, 5.41) is 0.519. The van der Waals surface area contributed by atoms with Crippen molar-refractivity contribution in [1.29, 1.82) is 0 Å². The number of carbonyl (C=O) groups excluding carboxylic acids is 3. The fourth-order valence-corrected chi connectivity index (χ4v) is 2.55. The van der Waals surface area contributed by atoms with Gasteiger partial charge in [-0.05, 0) is 43.9 Å². The molecule has 0 saturated carbocycles.